The molecule has 34 heavy (non-hydrogen) atoms. The van der Waals surface area contributed by atoms with Crippen LogP contribution in [0.25, 0.3) is 10.9 Å². The van der Waals surface area contributed by atoms with Gasteiger partial charge in [0.05, 0.1) is 20.5 Å². The first-order valence-electron chi connectivity index (χ1n) is 10.4. The number of ether oxygens (including phenoxy) is 2. The zero-order chi connectivity index (χ0) is 24.1. The number of nitrogens with one attached hydrogen (secondary N) is 3. The average Bonchev–Trinajstić information content (AvgIpc) is 2.83. The smallest absolute Gasteiger partial charge is 0.229 e. The molecule has 0 spiro atoms. The van der Waals surface area contributed by atoms with Crippen molar-refractivity contribution in [1.29, 1.82) is 0 Å². The standard InChI is InChI=1S/C24H25N5O4S/c1-32-19-7-4-6-18(14-19)26-23-20-8-5-9-21(33-2)22(20)28-24(29-23)27-17-12-10-16(11-13-17)15-25-34(3,30)31/h4-14,25H,15H2,1-3H3,(H2,26,27,28,29). The molecule has 176 valence electrons. The molecule has 0 amide bonds. The summed E-state index contributed by atoms with van der Waals surface area (Å²) in [6.07, 6.45) is 1.13. The van der Waals surface area contributed by atoms with Gasteiger partial charge in [-0.1, -0.05) is 24.3 Å². The summed E-state index contributed by atoms with van der Waals surface area (Å²) in [6, 6.07) is 20.6. The van der Waals surface area contributed by atoms with Crippen LogP contribution in [-0.4, -0.2) is 38.9 Å². The van der Waals surface area contributed by atoms with E-state index in [1.165, 1.54) is 0 Å². The number of rotatable bonds is 9. The fraction of sp³-hybridized carbons (Fsp3) is 0.167. The first-order chi connectivity index (χ1) is 16.3. The zero-order valence-corrected chi connectivity index (χ0v) is 19.8. The van der Waals surface area contributed by atoms with E-state index in [0.717, 1.165) is 34.3 Å². The summed E-state index contributed by atoms with van der Waals surface area (Å²) in [5, 5.41) is 7.36. The number of fused-ring (bicyclic) bond motifs is 1. The summed E-state index contributed by atoms with van der Waals surface area (Å²) in [6.45, 7) is 0.220. The Bertz CT molecular complexity index is 1410. The van der Waals surface area contributed by atoms with Crippen LogP contribution in [0, 0.1) is 0 Å². The average molecular weight is 480 g/mol. The molecule has 0 aliphatic carbocycles. The molecule has 0 atom stereocenters. The molecule has 0 aliphatic heterocycles. The predicted molar refractivity (Wildman–Crippen MR) is 134 cm³/mol. The van der Waals surface area contributed by atoms with Crippen molar-refractivity contribution in [3.05, 3.63) is 72.3 Å². The van der Waals surface area contributed by atoms with Crippen molar-refractivity contribution in [3.63, 3.8) is 0 Å². The highest BCUT2D eigenvalue weighted by atomic mass is 32.2. The highest BCUT2D eigenvalue weighted by Crippen LogP contribution is 2.32. The van der Waals surface area contributed by atoms with E-state index in [-0.39, 0.29) is 6.54 Å². The normalized spacial score (nSPS) is 11.3. The van der Waals surface area contributed by atoms with Crippen LogP contribution >= 0.6 is 0 Å². The number of nitrogens with zero attached hydrogens (tertiary/aromatic N) is 2. The molecule has 4 rings (SSSR count). The minimum absolute atomic E-state index is 0.220. The maximum absolute atomic E-state index is 11.3. The number of hydrogen-bond acceptors (Lipinski definition) is 8. The summed E-state index contributed by atoms with van der Waals surface area (Å²) < 4.78 is 35.9. The van der Waals surface area contributed by atoms with E-state index in [0.29, 0.717) is 23.0 Å². The van der Waals surface area contributed by atoms with Crippen LogP contribution in [0.15, 0.2) is 66.7 Å². The fourth-order valence-electron chi connectivity index (χ4n) is 3.33. The topological polar surface area (TPSA) is 114 Å². The lowest BCUT2D eigenvalue weighted by Gasteiger charge is -2.14. The van der Waals surface area contributed by atoms with Crippen molar-refractivity contribution >= 4 is 44.1 Å². The second-order valence-electron chi connectivity index (χ2n) is 7.52. The van der Waals surface area contributed by atoms with Crippen LogP contribution < -0.4 is 24.8 Å². The van der Waals surface area contributed by atoms with Gasteiger partial charge in [-0.2, -0.15) is 4.98 Å². The van der Waals surface area contributed by atoms with Crippen molar-refractivity contribution < 1.29 is 17.9 Å². The molecule has 0 bridgehead atoms. The molecule has 3 aromatic carbocycles. The summed E-state index contributed by atoms with van der Waals surface area (Å²) in [5.74, 6) is 2.33. The summed E-state index contributed by atoms with van der Waals surface area (Å²) in [4.78, 5) is 9.36. The van der Waals surface area contributed by atoms with Gasteiger partial charge < -0.3 is 20.1 Å². The van der Waals surface area contributed by atoms with E-state index in [1.807, 2.05) is 66.7 Å². The Kier molecular flexibility index (Phi) is 6.80. The molecule has 9 nitrogen and oxygen atoms in total. The molecule has 10 heteroatoms. The van der Waals surface area contributed by atoms with Crippen molar-refractivity contribution in [2.24, 2.45) is 0 Å². The number of aromatic nitrogens is 2. The second-order valence-corrected chi connectivity index (χ2v) is 9.36. The van der Waals surface area contributed by atoms with Gasteiger partial charge in [0.25, 0.3) is 0 Å². The molecule has 0 radical (unpaired) electrons. The van der Waals surface area contributed by atoms with E-state index in [4.69, 9.17) is 14.5 Å². The third kappa shape index (κ3) is 5.72. The molecular formula is C24H25N5O4S. The molecule has 1 heterocycles. The van der Waals surface area contributed by atoms with Crippen molar-refractivity contribution in [2.75, 3.05) is 31.1 Å². The van der Waals surface area contributed by atoms with Crippen LogP contribution in [0.4, 0.5) is 23.1 Å². The Balaban J connectivity index is 1.66. The van der Waals surface area contributed by atoms with Crippen LogP contribution in [0.1, 0.15) is 5.56 Å². The fourth-order valence-corrected chi connectivity index (χ4v) is 3.76. The number of anilines is 4. The quantitative estimate of drug-likeness (QED) is 0.328. The second kappa shape index (κ2) is 9.94. The SMILES string of the molecule is COc1cccc(Nc2nc(Nc3ccc(CNS(C)(=O)=O)cc3)nc3c(OC)cccc23)c1. The third-order valence-electron chi connectivity index (χ3n) is 4.99. The number of benzene rings is 3. The van der Waals surface area contributed by atoms with Gasteiger partial charge in [-0.25, -0.2) is 18.1 Å². The first kappa shape index (κ1) is 23.3. The lowest BCUT2D eigenvalue weighted by Crippen LogP contribution is -2.21. The number of para-hydroxylation sites is 1. The Morgan fingerprint density at radius 3 is 2.32 bits per heavy atom. The van der Waals surface area contributed by atoms with Gasteiger partial charge in [-0.3, -0.25) is 0 Å². The highest BCUT2D eigenvalue weighted by Gasteiger charge is 2.13. The van der Waals surface area contributed by atoms with Gasteiger partial charge in [0.15, 0.2) is 0 Å². The molecule has 4 aromatic rings. The number of sulfonamides is 1. The lowest BCUT2D eigenvalue weighted by atomic mass is 10.2. The molecule has 0 unspecified atom stereocenters. The molecule has 1 aromatic heterocycles. The third-order valence-corrected chi connectivity index (χ3v) is 5.66. The van der Waals surface area contributed by atoms with Crippen molar-refractivity contribution in [2.45, 2.75) is 6.54 Å². The summed E-state index contributed by atoms with van der Waals surface area (Å²) >= 11 is 0. The Labute approximate surface area is 198 Å². The zero-order valence-electron chi connectivity index (χ0n) is 19.0. The molecule has 0 saturated carbocycles. The van der Waals surface area contributed by atoms with Crippen molar-refractivity contribution in [1.82, 2.24) is 14.7 Å². The van der Waals surface area contributed by atoms with Gasteiger partial charge >= 0.3 is 0 Å². The molecular weight excluding hydrogens is 454 g/mol. The summed E-state index contributed by atoms with van der Waals surface area (Å²) in [7, 11) is -0.0366. The molecule has 0 saturated heterocycles. The number of hydrogen-bond donors (Lipinski definition) is 3. The largest absolute Gasteiger partial charge is 0.497 e. The van der Waals surface area contributed by atoms with E-state index in [2.05, 4.69) is 20.3 Å². The number of methoxy groups -OCH3 is 2. The monoisotopic (exact) mass is 479 g/mol. The lowest BCUT2D eigenvalue weighted by molar-refractivity contribution is 0.415. The molecule has 3 N–H and O–H groups in total. The van der Waals surface area contributed by atoms with Gasteiger partial charge in [-0.05, 0) is 42.0 Å². The van der Waals surface area contributed by atoms with E-state index in [9.17, 15) is 8.42 Å². The Morgan fingerprint density at radius 1 is 0.853 bits per heavy atom. The molecule has 0 aliphatic rings. The molecule has 0 fully saturated rings. The minimum Gasteiger partial charge on any atom is -0.497 e. The van der Waals surface area contributed by atoms with Gasteiger partial charge in [0.1, 0.15) is 22.8 Å². The maximum Gasteiger partial charge on any atom is 0.229 e. The van der Waals surface area contributed by atoms with Gasteiger partial charge in [-0.15, -0.1) is 0 Å². The van der Waals surface area contributed by atoms with Crippen LogP contribution in [0.5, 0.6) is 11.5 Å². The van der Waals surface area contributed by atoms with E-state index < -0.39 is 10.0 Å². The van der Waals surface area contributed by atoms with Crippen LogP contribution in [-0.2, 0) is 16.6 Å². The maximum atomic E-state index is 11.3. The van der Waals surface area contributed by atoms with Crippen molar-refractivity contribution in [3.8, 4) is 11.5 Å². The van der Waals surface area contributed by atoms with Gasteiger partial charge in [0, 0.05) is 29.4 Å². The Hall–Kier alpha value is -3.89. The van der Waals surface area contributed by atoms with E-state index >= 15 is 0 Å². The van der Waals surface area contributed by atoms with E-state index in [1.54, 1.807) is 14.2 Å². The predicted octanol–water partition coefficient (Wildman–Crippen LogP) is 4.18. The van der Waals surface area contributed by atoms with Crippen LogP contribution in [0.3, 0.4) is 0 Å². The Morgan fingerprint density at radius 2 is 1.62 bits per heavy atom. The first-order valence-corrected chi connectivity index (χ1v) is 12.3. The van der Waals surface area contributed by atoms with Gasteiger partial charge in [0.2, 0.25) is 16.0 Å². The highest BCUT2D eigenvalue weighted by molar-refractivity contribution is 7.88. The minimum atomic E-state index is -3.26. The summed E-state index contributed by atoms with van der Waals surface area (Å²) in [5.41, 5.74) is 3.06. The van der Waals surface area contributed by atoms with Crippen LogP contribution in [0.2, 0.25) is 0 Å².